The first-order valence-electron chi connectivity index (χ1n) is 11.2. The summed E-state index contributed by atoms with van der Waals surface area (Å²) in [6.45, 7) is 3.27. The lowest BCUT2D eigenvalue weighted by atomic mass is 10.0. The molecule has 0 radical (unpaired) electrons. The summed E-state index contributed by atoms with van der Waals surface area (Å²) in [5.74, 6) is -0.609. The SMILES string of the molecule is NC[C@@H]1COC[C@H]1n1cc(CNCc2ccc3c(c2)C(=O)N(C2CCC(=O)NC2=O)C3)nn1. The number of imide groups is 1. The van der Waals surface area contributed by atoms with Gasteiger partial charge in [-0.05, 0) is 30.2 Å². The number of nitrogens with two attached hydrogens (primary N) is 1. The van der Waals surface area contributed by atoms with Crippen LogP contribution in [0.2, 0.25) is 0 Å². The van der Waals surface area contributed by atoms with E-state index in [9.17, 15) is 14.4 Å². The average molecular weight is 454 g/mol. The Morgan fingerprint density at radius 1 is 1.21 bits per heavy atom. The molecule has 33 heavy (non-hydrogen) atoms. The van der Waals surface area contributed by atoms with Gasteiger partial charge in [0.2, 0.25) is 11.8 Å². The van der Waals surface area contributed by atoms with E-state index in [2.05, 4.69) is 20.9 Å². The number of hydrogen-bond donors (Lipinski definition) is 3. The van der Waals surface area contributed by atoms with E-state index in [1.807, 2.05) is 29.1 Å². The minimum atomic E-state index is -0.601. The zero-order chi connectivity index (χ0) is 22.9. The van der Waals surface area contributed by atoms with Crippen LogP contribution in [0.3, 0.4) is 0 Å². The van der Waals surface area contributed by atoms with Gasteiger partial charge in [-0.3, -0.25) is 19.7 Å². The highest BCUT2D eigenvalue weighted by molar-refractivity contribution is 6.05. The van der Waals surface area contributed by atoms with Gasteiger partial charge in [0.05, 0.1) is 31.1 Å². The van der Waals surface area contributed by atoms with Gasteiger partial charge in [-0.1, -0.05) is 17.3 Å². The Kier molecular flexibility index (Phi) is 5.92. The van der Waals surface area contributed by atoms with Crippen molar-refractivity contribution in [2.75, 3.05) is 19.8 Å². The summed E-state index contributed by atoms with van der Waals surface area (Å²) < 4.78 is 7.35. The molecule has 1 aromatic carbocycles. The molecule has 2 saturated heterocycles. The van der Waals surface area contributed by atoms with Gasteiger partial charge >= 0.3 is 0 Å². The molecule has 0 bridgehead atoms. The fraction of sp³-hybridized carbons (Fsp3) is 0.500. The van der Waals surface area contributed by atoms with Crippen molar-refractivity contribution in [1.82, 2.24) is 30.5 Å². The van der Waals surface area contributed by atoms with E-state index in [1.54, 1.807) is 4.90 Å². The number of carbonyl (C=O) groups excluding carboxylic acids is 3. The summed E-state index contributed by atoms with van der Waals surface area (Å²) in [6.07, 6.45) is 2.52. The summed E-state index contributed by atoms with van der Waals surface area (Å²) in [6, 6.07) is 5.29. The standard InChI is InChI=1S/C22H27N7O4/c23-6-15-11-33-12-19(15)29-10-16(26-27-29)8-24-7-13-1-2-14-9-28(22(32)17(14)5-13)18-3-4-20(30)25-21(18)31/h1-2,5,10,15,18-19,24H,3-4,6-9,11-12,23H2,(H,25,30,31)/t15-,18?,19-/m1/s1. The molecule has 3 amide bonds. The van der Waals surface area contributed by atoms with Gasteiger partial charge in [0.15, 0.2) is 0 Å². The van der Waals surface area contributed by atoms with Crippen molar-refractivity contribution >= 4 is 17.7 Å². The predicted octanol–water partition coefficient (Wildman–Crippen LogP) is -0.525. The Morgan fingerprint density at radius 3 is 2.91 bits per heavy atom. The molecular formula is C22H27N7O4. The second-order valence-corrected chi connectivity index (χ2v) is 8.79. The van der Waals surface area contributed by atoms with Gasteiger partial charge in [0.1, 0.15) is 6.04 Å². The second-order valence-electron chi connectivity index (χ2n) is 8.79. The predicted molar refractivity (Wildman–Crippen MR) is 115 cm³/mol. The maximum Gasteiger partial charge on any atom is 0.255 e. The molecule has 4 N–H and O–H groups in total. The molecule has 0 aliphatic carbocycles. The van der Waals surface area contributed by atoms with E-state index in [-0.39, 0.29) is 30.2 Å². The quantitative estimate of drug-likeness (QED) is 0.475. The maximum absolute atomic E-state index is 13.0. The lowest BCUT2D eigenvalue weighted by molar-refractivity contribution is -0.136. The molecule has 3 aliphatic heterocycles. The van der Waals surface area contributed by atoms with Crippen molar-refractivity contribution in [3.63, 3.8) is 0 Å². The number of amides is 3. The highest BCUT2D eigenvalue weighted by Crippen LogP contribution is 2.28. The normalized spacial score (nSPS) is 24.9. The number of ether oxygens (including phenoxy) is 1. The molecule has 1 unspecified atom stereocenters. The van der Waals surface area contributed by atoms with Gasteiger partial charge in [-0.15, -0.1) is 5.10 Å². The van der Waals surface area contributed by atoms with Crippen LogP contribution in [0, 0.1) is 5.92 Å². The van der Waals surface area contributed by atoms with Crippen molar-refractivity contribution < 1.29 is 19.1 Å². The largest absolute Gasteiger partial charge is 0.379 e. The van der Waals surface area contributed by atoms with Crippen LogP contribution < -0.4 is 16.4 Å². The highest BCUT2D eigenvalue weighted by atomic mass is 16.5. The third-order valence-corrected chi connectivity index (χ3v) is 6.59. The Balaban J connectivity index is 1.18. The fourth-order valence-corrected chi connectivity index (χ4v) is 4.71. The Hall–Kier alpha value is -3.15. The fourth-order valence-electron chi connectivity index (χ4n) is 4.71. The molecule has 3 atom stereocenters. The van der Waals surface area contributed by atoms with Crippen molar-refractivity contribution in [3.8, 4) is 0 Å². The highest BCUT2D eigenvalue weighted by Gasteiger charge is 2.39. The van der Waals surface area contributed by atoms with Gasteiger partial charge < -0.3 is 20.7 Å². The third kappa shape index (κ3) is 4.26. The van der Waals surface area contributed by atoms with Crippen LogP contribution >= 0.6 is 0 Å². The first kappa shape index (κ1) is 21.7. The minimum Gasteiger partial charge on any atom is -0.379 e. The van der Waals surface area contributed by atoms with E-state index in [0.717, 1.165) is 16.8 Å². The van der Waals surface area contributed by atoms with Crippen molar-refractivity contribution in [2.45, 2.75) is 44.6 Å². The lowest BCUT2D eigenvalue weighted by Gasteiger charge is -2.29. The number of rotatable bonds is 7. The Bertz CT molecular complexity index is 1080. The first-order valence-corrected chi connectivity index (χ1v) is 11.2. The van der Waals surface area contributed by atoms with E-state index < -0.39 is 11.9 Å². The number of benzene rings is 1. The number of nitrogens with one attached hydrogen (secondary N) is 2. The zero-order valence-corrected chi connectivity index (χ0v) is 18.2. The molecule has 0 saturated carbocycles. The second kappa shape index (κ2) is 9.00. The summed E-state index contributed by atoms with van der Waals surface area (Å²) in [7, 11) is 0. The number of hydrogen-bond acceptors (Lipinski definition) is 8. The van der Waals surface area contributed by atoms with Crippen LogP contribution in [0.25, 0.3) is 0 Å². The molecule has 174 valence electrons. The van der Waals surface area contributed by atoms with Crippen LogP contribution in [0.4, 0.5) is 0 Å². The van der Waals surface area contributed by atoms with E-state index in [0.29, 0.717) is 51.4 Å². The lowest BCUT2D eigenvalue weighted by Crippen LogP contribution is -2.52. The topological polar surface area (TPSA) is 144 Å². The first-order chi connectivity index (χ1) is 16.0. The number of fused-ring (bicyclic) bond motifs is 1. The smallest absolute Gasteiger partial charge is 0.255 e. The van der Waals surface area contributed by atoms with Gasteiger partial charge in [0.25, 0.3) is 5.91 Å². The van der Waals surface area contributed by atoms with Crippen LogP contribution in [0.15, 0.2) is 24.4 Å². The van der Waals surface area contributed by atoms with Crippen LogP contribution in [0.1, 0.15) is 46.1 Å². The molecule has 5 rings (SSSR count). The van der Waals surface area contributed by atoms with Gasteiger partial charge in [-0.2, -0.15) is 0 Å². The van der Waals surface area contributed by atoms with E-state index in [4.69, 9.17) is 10.5 Å². The summed E-state index contributed by atoms with van der Waals surface area (Å²) in [5, 5.41) is 14.1. The molecule has 11 nitrogen and oxygen atoms in total. The van der Waals surface area contributed by atoms with Crippen LogP contribution in [0.5, 0.6) is 0 Å². The summed E-state index contributed by atoms with van der Waals surface area (Å²) in [5.41, 5.74) is 9.10. The van der Waals surface area contributed by atoms with Gasteiger partial charge in [-0.25, -0.2) is 4.68 Å². The molecule has 2 fully saturated rings. The molecular weight excluding hydrogens is 426 g/mol. The summed E-state index contributed by atoms with van der Waals surface area (Å²) >= 11 is 0. The summed E-state index contributed by atoms with van der Waals surface area (Å²) in [4.78, 5) is 38.1. The minimum absolute atomic E-state index is 0.117. The third-order valence-electron chi connectivity index (χ3n) is 6.59. The van der Waals surface area contributed by atoms with Crippen molar-refractivity contribution in [1.29, 1.82) is 0 Å². The van der Waals surface area contributed by atoms with Crippen LogP contribution in [-0.4, -0.2) is 63.4 Å². The van der Waals surface area contributed by atoms with Crippen molar-refractivity contribution in [3.05, 3.63) is 46.8 Å². The number of piperidine rings is 1. The van der Waals surface area contributed by atoms with E-state index in [1.165, 1.54) is 0 Å². The maximum atomic E-state index is 13.0. The van der Waals surface area contributed by atoms with Crippen LogP contribution in [-0.2, 0) is 34.0 Å². The zero-order valence-electron chi connectivity index (χ0n) is 18.2. The monoisotopic (exact) mass is 453 g/mol. The number of carbonyl (C=O) groups is 3. The Morgan fingerprint density at radius 2 is 2.09 bits per heavy atom. The molecule has 2 aromatic rings. The Labute approximate surface area is 190 Å². The molecule has 4 heterocycles. The van der Waals surface area contributed by atoms with Crippen molar-refractivity contribution in [2.24, 2.45) is 11.7 Å². The van der Waals surface area contributed by atoms with E-state index >= 15 is 0 Å². The molecule has 0 spiro atoms. The molecule has 3 aliphatic rings. The molecule has 11 heteroatoms. The van der Waals surface area contributed by atoms with Gasteiger partial charge in [0, 0.05) is 37.5 Å². The average Bonchev–Trinajstić information content (AvgIpc) is 3.53. The number of nitrogens with zero attached hydrogens (tertiary/aromatic N) is 4. The number of aromatic nitrogens is 3. The molecule has 1 aromatic heterocycles.